The SMILES string of the molecule is Cc1ccc(-c2ccc(N(c3ccc(N(c4ccc5ccccc5c4)c4cccc5ccccc45)cc3)c3cccc4ccccc34)cc2)cc1. The molecule has 0 spiro atoms. The predicted molar refractivity (Wildman–Crippen MR) is 218 cm³/mol. The Bertz CT molecular complexity index is 2630. The van der Waals surface area contributed by atoms with E-state index in [1.54, 1.807) is 0 Å². The Morgan fingerprint density at radius 3 is 1.24 bits per heavy atom. The lowest BCUT2D eigenvalue weighted by atomic mass is 10.0. The van der Waals surface area contributed by atoms with Gasteiger partial charge in [0.1, 0.15) is 0 Å². The van der Waals surface area contributed by atoms with Gasteiger partial charge >= 0.3 is 0 Å². The van der Waals surface area contributed by atoms with Gasteiger partial charge in [0.2, 0.25) is 0 Å². The second-order valence-electron chi connectivity index (χ2n) is 13.1. The van der Waals surface area contributed by atoms with E-state index in [-0.39, 0.29) is 0 Å². The van der Waals surface area contributed by atoms with Gasteiger partial charge in [-0.3, -0.25) is 0 Å². The maximum absolute atomic E-state index is 2.39. The van der Waals surface area contributed by atoms with E-state index < -0.39 is 0 Å². The highest BCUT2D eigenvalue weighted by molar-refractivity contribution is 6.01. The maximum Gasteiger partial charge on any atom is 0.0540 e. The molecule has 9 rings (SSSR count). The second kappa shape index (κ2) is 13.0. The van der Waals surface area contributed by atoms with Crippen LogP contribution in [0.15, 0.2) is 200 Å². The number of nitrogens with zero attached hydrogens (tertiary/aromatic N) is 2. The standard InChI is InChI=1S/C49H36N2/c1-35-20-22-37(23-21-35)38-24-27-42(28-25-38)50(48-18-8-14-39-11-4-6-16-46(39)48)43-30-32-44(33-31-43)51(45-29-26-36-10-2-3-13-41(36)34-45)49-19-9-15-40-12-5-7-17-47(40)49/h2-34H,1H3. The van der Waals surface area contributed by atoms with Gasteiger partial charge in [-0.1, -0.05) is 145 Å². The van der Waals surface area contributed by atoms with Crippen LogP contribution in [0.2, 0.25) is 0 Å². The van der Waals surface area contributed by atoms with Crippen molar-refractivity contribution in [3.8, 4) is 11.1 Å². The molecule has 0 N–H and O–H groups in total. The highest BCUT2D eigenvalue weighted by Gasteiger charge is 2.19. The minimum Gasteiger partial charge on any atom is -0.310 e. The number of benzene rings is 9. The molecule has 0 heterocycles. The molecule has 0 amide bonds. The van der Waals surface area contributed by atoms with Crippen molar-refractivity contribution in [2.75, 3.05) is 9.80 Å². The molecule has 0 atom stereocenters. The van der Waals surface area contributed by atoms with Gasteiger partial charge in [-0.25, -0.2) is 0 Å². The summed E-state index contributed by atoms with van der Waals surface area (Å²) in [5.74, 6) is 0. The Balaban J connectivity index is 1.18. The second-order valence-corrected chi connectivity index (χ2v) is 13.1. The Morgan fingerprint density at radius 2 is 0.686 bits per heavy atom. The minimum atomic E-state index is 1.09. The normalized spacial score (nSPS) is 11.2. The van der Waals surface area contributed by atoms with Crippen molar-refractivity contribution in [2.24, 2.45) is 0 Å². The van der Waals surface area contributed by atoms with Crippen LogP contribution in [0, 0.1) is 6.92 Å². The Kier molecular flexibility index (Phi) is 7.75. The number of anilines is 6. The maximum atomic E-state index is 2.39. The molecule has 9 aromatic rings. The highest BCUT2D eigenvalue weighted by Crippen LogP contribution is 2.43. The summed E-state index contributed by atoms with van der Waals surface area (Å²) < 4.78 is 0. The zero-order valence-electron chi connectivity index (χ0n) is 28.4. The van der Waals surface area contributed by atoms with Crippen molar-refractivity contribution < 1.29 is 0 Å². The summed E-state index contributed by atoms with van der Waals surface area (Å²) in [5.41, 5.74) is 10.4. The van der Waals surface area contributed by atoms with Gasteiger partial charge in [-0.15, -0.1) is 0 Å². The molecule has 0 radical (unpaired) electrons. The van der Waals surface area contributed by atoms with E-state index in [4.69, 9.17) is 0 Å². The third-order valence-electron chi connectivity index (χ3n) is 9.88. The van der Waals surface area contributed by atoms with Crippen LogP contribution in [0.25, 0.3) is 43.4 Å². The molecular formula is C49H36N2. The zero-order valence-corrected chi connectivity index (χ0v) is 28.4. The van der Waals surface area contributed by atoms with Crippen molar-refractivity contribution in [3.63, 3.8) is 0 Å². The lowest BCUT2D eigenvalue weighted by Gasteiger charge is -2.30. The Hall–Kier alpha value is -6.64. The van der Waals surface area contributed by atoms with Crippen molar-refractivity contribution in [1.29, 1.82) is 0 Å². The average Bonchev–Trinajstić information content (AvgIpc) is 3.19. The van der Waals surface area contributed by atoms with Crippen molar-refractivity contribution in [3.05, 3.63) is 206 Å². The van der Waals surface area contributed by atoms with Gasteiger partial charge in [0.05, 0.1) is 11.4 Å². The Labute approximate surface area is 299 Å². The van der Waals surface area contributed by atoms with E-state index in [2.05, 4.69) is 217 Å². The number of aryl methyl sites for hydroxylation is 1. The summed E-state index contributed by atoms with van der Waals surface area (Å²) in [6, 6.07) is 72.4. The molecule has 2 heteroatoms. The molecule has 0 aliphatic rings. The minimum absolute atomic E-state index is 1.09. The first kappa shape index (κ1) is 30.4. The monoisotopic (exact) mass is 652 g/mol. The van der Waals surface area contributed by atoms with Gasteiger partial charge in [-0.2, -0.15) is 0 Å². The van der Waals surface area contributed by atoms with Crippen LogP contribution in [0.4, 0.5) is 34.1 Å². The summed E-state index contributed by atoms with van der Waals surface area (Å²) in [6.07, 6.45) is 0. The molecule has 51 heavy (non-hydrogen) atoms. The van der Waals surface area contributed by atoms with Gasteiger partial charge in [-0.05, 0) is 100 Å². The fraction of sp³-hybridized carbons (Fsp3) is 0.0204. The van der Waals surface area contributed by atoms with E-state index in [0.29, 0.717) is 0 Å². The molecule has 0 fully saturated rings. The first-order chi connectivity index (χ1) is 25.2. The third-order valence-corrected chi connectivity index (χ3v) is 9.88. The van der Waals surface area contributed by atoms with Gasteiger partial charge in [0.15, 0.2) is 0 Å². The van der Waals surface area contributed by atoms with Crippen LogP contribution in [0.1, 0.15) is 5.56 Å². The van der Waals surface area contributed by atoms with Crippen LogP contribution in [-0.4, -0.2) is 0 Å². The van der Waals surface area contributed by atoms with Gasteiger partial charge in [0, 0.05) is 33.5 Å². The molecule has 242 valence electrons. The molecule has 0 saturated heterocycles. The topological polar surface area (TPSA) is 6.48 Å². The molecular weight excluding hydrogens is 617 g/mol. The number of fused-ring (bicyclic) bond motifs is 3. The van der Waals surface area contributed by atoms with Crippen LogP contribution in [-0.2, 0) is 0 Å². The van der Waals surface area contributed by atoms with Crippen molar-refractivity contribution in [1.82, 2.24) is 0 Å². The summed E-state index contributed by atoms with van der Waals surface area (Å²) >= 11 is 0. The molecule has 0 saturated carbocycles. The van der Waals surface area contributed by atoms with E-state index in [9.17, 15) is 0 Å². The number of hydrogen-bond acceptors (Lipinski definition) is 2. The van der Waals surface area contributed by atoms with Crippen LogP contribution >= 0.6 is 0 Å². The highest BCUT2D eigenvalue weighted by atomic mass is 15.2. The summed E-state index contributed by atoms with van der Waals surface area (Å²) in [6.45, 7) is 2.13. The quantitative estimate of drug-likeness (QED) is 0.169. The molecule has 0 bridgehead atoms. The lowest BCUT2D eigenvalue weighted by Crippen LogP contribution is -2.12. The third kappa shape index (κ3) is 5.77. The molecule has 2 nitrogen and oxygen atoms in total. The summed E-state index contributed by atoms with van der Waals surface area (Å²) in [5, 5.41) is 7.30. The molecule has 0 aliphatic heterocycles. The van der Waals surface area contributed by atoms with Crippen LogP contribution < -0.4 is 9.80 Å². The first-order valence-corrected chi connectivity index (χ1v) is 17.5. The number of hydrogen-bond donors (Lipinski definition) is 0. The molecule has 0 aromatic heterocycles. The fourth-order valence-corrected chi connectivity index (χ4v) is 7.28. The van der Waals surface area contributed by atoms with E-state index >= 15 is 0 Å². The summed E-state index contributed by atoms with van der Waals surface area (Å²) in [4.78, 5) is 4.76. The number of rotatable bonds is 7. The molecule has 0 unspecified atom stereocenters. The van der Waals surface area contributed by atoms with E-state index in [1.807, 2.05) is 0 Å². The predicted octanol–water partition coefficient (Wildman–Crippen LogP) is 14.1. The molecule has 0 aliphatic carbocycles. The molecule has 9 aromatic carbocycles. The van der Waals surface area contributed by atoms with Crippen molar-refractivity contribution in [2.45, 2.75) is 6.92 Å². The van der Waals surface area contributed by atoms with Crippen LogP contribution in [0.5, 0.6) is 0 Å². The van der Waals surface area contributed by atoms with E-state index in [0.717, 1.165) is 34.1 Å². The van der Waals surface area contributed by atoms with Crippen molar-refractivity contribution >= 4 is 66.4 Å². The zero-order chi connectivity index (χ0) is 34.1. The smallest absolute Gasteiger partial charge is 0.0540 e. The Morgan fingerprint density at radius 1 is 0.294 bits per heavy atom. The van der Waals surface area contributed by atoms with E-state index in [1.165, 1.54) is 49.0 Å². The average molecular weight is 653 g/mol. The summed E-state index contributed by atoms with van der Waals surface area (Å²) in [7, 11) is 0. The van der Waals surface area contributed by atoms with Gasteiger partial charge in [0.25, 0.3) is 0 Å². The lowest BCUT2D eigenvalue weighted by molar-refractivity contribution is 1.27. The van der Waals surface area contributed by atoms with Crippen LogP contribution in [0.3, 0.4) is 0 Å². The van der Waals surface area contributed by atoms with Gasteiger partial charge < -0.3 is 9.80 Å². The fourth-order valence-electron chi connectivity index (χ4n) is 7.28. The first-order valence-electron chi connectivity index (χ1n) is 17.5. The largest absolute Gasteiger partial charge is 0.310 e.